The molecule has 0 saturated heterocycles. The molecular formula is C6H9BO3S. The number of rotatable bonds is 0. The lowest BCUT2D eigenvalue weighted by Gasteiger charge is -1.81. The maximum atomic E-state index is 7.17. The first-order chi connectivity index (χ1) is 5.13. The van der Waals surface area contributed by atoms with Gasteiger partial charge in [0.2, 0.25) is 0 Å². The van der Waals surface area contributed by atoms with Gasteiger partial charge in [0, 0.05) is 4.90 Å². The zero-order valence-electron chi connectivity index (χ0n) is 5.75. The summed E-state index contributed by atoms with van der Waals surface area (Å²) in [6.45, 7) is 0. The van der Waals surface area contributed by atoms with Gasteiger partial charge >= 0.3 is 7.32 Å². The van der Waals surface area contributed by atoms with Crippen molar-refractivity contribution in [2.75, 3.05) is 0 Å². The Hall–Kier alpha value is -0.485. The van der Waals surface area contributed by atoms with E-state index in [4.69, 9.17) is 15.1 Å². The van der Waals surface area contributed by atoms with Gasteiger partial charge in [0.1, 0.15) is 0 Å². The lowest BCUT2D eigenvalue weighted by atomic mass is 10.3. The van der Waals surface area contributed by atoms with E-state index in [-0.39, 0.29) is 0 Å². The van der Waals surface area contributed by atoms with Crippen molar-refractivity contribution in [1.82, 2.24) is 0 Å². The quantitative estimate of drug-likeness (QED) is 0.327. The van der Waals surface area contributed by atoms with E-state index in [1.807, 2.05) is 30.3 Å². The molecule has 3 nitrogen and oxygen atoms in total. The zero-order chi connectivity index (χ0) is 8.69. The van der Waals surface area contributed by atoms with Crippen LogP contribution < -0.4 is 0 Å². The number of benzene rings is 1. The first-order valence-electron chi connectivity index (χ1n) is 2.91. The Kier molecular flexibility index (Phi) is 5.96. The summed E-state index contributed by atoms with van der Waals surface area (Å²) < 4.78 is 0. The summed E-state index contributed by atoms with van der Waals surface area (Å²) in [5.41, 5.74) is 0. The van der Waals surface area contributed by atoms with Gasteiger partial charge in [-0.15, -0.1) is 12.6 Å². The molecule has 1 rings (SSSR count). The second-order valence-electron chi connectivity index (χ2n) is 1.68. The Bertz CT molecular complexity index is 178. The summed E-state index contributed by atoms with van der Waals surface area (Å²) >= 11 is 4.08. The Labute approximate surface area is 70.9 Å². The highest BCUT2D eigenvalue weighted by Crippen LogP contribution is 2.00. The molecule has 0 aliphatic heterocycles. The van der Waals surface area contributed by atoms with Crippen LogP contribution >= 0.6 is 12.6 Å². The summed E-state index contributed by atoms with van der Waals surface area (Å²) in [6.07, 6.45) is 0. The molecule has 1 aromatic rings. The first kappa shape index (κ1) is 10.5. The standard InChI is InChI=1S/C6H6S.BH3O3/c7-6-4-2-1-3-5-6;2-1(3)4/h1-5,7H;2-4H. The van der Waals surface area contributed by atoms with Gasteiger partial charge in [-0.05, 0) is 12.1 Å². The van der Waals surface area contributed by atoms with E-state index in [9.17, 15) is 0 Å². The molecule has 0 aliphatic rings. The van der Waals surface area contributed by atoms with Gasteiger partial charge in [0.05, 0.1) is 0 Å². The molecular weight excluding hydrogens is 163 g/mol. The smallest absolute Gasteiger partial charge is 0.402 e. The van der Waals surface area contributed by atoms with E-state index >= 15 is 0 Å². The van der Waals surface area contributed by atoms with Crippen LogP contribution in [-0.4, -0.2) is 22.4 Å². The molecule has 0 amide bonds. The van der Waals surface area contributed by atoms with Gasteiger partial charge in [0.25, 0.3) is 0 Å². The van der Waals surface area contributed by atoms with Crippen LogP contribution in [0, 0.1) is 0 Å². The van der Waals surface area contributed by atoms with Crippen molar-refractivity contribution in [3.63, 3.8) is 0 Å². The number of hydrogen-bond acceptors (Lipinski definition) is 4. The second kappa shape index (κ2) is 6.24. The molecule has 0 saturated carbocycles. The highest BCUT2D eigenvalue weighted by Gasteiger charge is 1.92. The Morgan fingerprint density at radius 3 is 1.55 bits per heavy atom. The molecule has 0 bridgehead atoms. The molecule has 1 aromatic carbocycles. The highest BCUT2D eigenvalue weighted by molar-refractivity contribution is 7.80. The van der Waals surface area contributed by atoms with Crippen LogP contribution in [0.2, 0.25) is 0 Å². The van der Waals surface area contributed by atoms with Gasteiger partial charge in [0.15, 0.2) is 0 Å². The Morgan fingerprint density at radius 2 is 1.36 bits per heavy atom. The van der Waals surface area contributed by atoms with Gasteiger partial charge in [-0.2, -0.15) is 0 Å². The summed E-state index contributed by atoms with van der Waals surface area (Å²) in [5.74, 6) is 0. The molecule has 60 valence electrons. The Morgan fingerprint density at radius 1 is 1.00 bits per heavy atom. The third-order valence-corrected chi connectivity index (χ3v) is 1.05. The predicted molar refractivity (Wildman–Crippen MR) is 46.1 cm³/mol. The summed E-state index contributed by atoms with van der Waals surface area (Å²) in [4.78, 5) is 1.02. The van der Waals surface area contributed by atoms with Crippen molar-refractivity contribution in [2.45, 2.75) is 4.90 Å². The van der Waals surface area contributed by atoms with Crippen LogP contribution in [0.4, 0.5) is 0 Å². The molecule has 5 heteroatoms. The minimum absolute atomic E-state index is 1.02. The minimum atomic E-state index is -2.17. The van der Waals surface area contributed by atoms with Crippen LogP contribution in [0.15, 0.2) is 35.2 Å². The molecule has 0 atom stereocenters. The molecule has 11 heavy (non-hydrogen) atoms. The minimum Gasteiger partial charge on any atom is -0.402 e. The van der Waals surface area contributed by atoms with Crippen molar-refractivity contribution >= 4 is 20.0 Å². The normalized spacial score (nSPS) is 8.00. The molecule has 0 heterocycles. The number of hydrogen-bond donors (Lipinski definition) is 4. The fourth-order valence-corrected chi connectivity index (χ4v) is 0.600. The van der Waals surface area contributed by atoms with E-state index in [0.717, 1.165) is 4.90 Å². The maximum absolute atomic E-state index is 7.17. The molecule has 0 aromatic heterocycles. The van der Waals surface area contributed by atoms with Crippen molar-refractivity contribution in [3.05, 3.63) is 30.3 Å². The third-order valence-electron chi connectivity index (χ3n) is 0.756. The van der Waals surface area contributed by atoms with Crippen molar-refractivity contribution < 1.29 is 15.1 Å². The lowest BCUT2D eigenvalue weighted by Crippen LogP contribution is -2.07. The third kappa shape index (κ3) is 9.51. The fourth-order valence-electron chi connectivity index (χ4n) is 0.428. The highest BCUT2D eigenvalue weighted by atomic mass is 32.1. The molecule has 0 unspecified atom stereocenters. The Balaban J connectivity index is 0.000000218. The van der Waals surface area contributed by atoms with Crippen LogP contribution in [0.3, 0.4) is 0 Å². The maximum Gasteiger partial charge on any atom is 0.631 e. The number of thiol groups is 1. The van der Waals surface area contributed by atoms with E-state index < -0.39 is 7.32 Å². The van der Waals surface area contributed by atoms with E-state index in [1.54, 1.807) is 0 Å². The van der Waals surface area contributed by atoms with Crippen molar-refractivity contribution in [2.24, 2.45) is 0 Å². The lowest BCUT2D eigenvalue weighted by molar-refractivity contribution is 0.278. The summed E-state index contributed by atoms with van der Waals surface area (Å²) in [7, 11) is -2.17. The zero-order valence-corrected chi connectivity index (χ0v) is 6.65. The monoisotopic (exact) mass is 172 g/mol. The van der Waals surface area contributed by atoms with Crippen molar-refractivity contribution in [1.29, 1.82) is 0 Å². The van der Waals surface area contributed by atoms with E-state index in [0.29, 0.717) is 0 Å². The first-order valence-corrected chi connectivity index (χ1v) is 3.36. The van der Waals surface area contributed by atoms with Gasteiger partial charge in [-0.1, -0.05) is 18.2 Å². The predicted octanol–water partition coefficient (Wildman–Crippen LogP) is -0.0765. The summed E-state index contributed by atoms with van der Waals surface area (Å²) in [5, 5.41) is 21.5. The van der Waals surface area contributed by atoms with Crippen LogP contribution in [-0.2, 0) is 0 Å². The van der Waals surface area contributed by atoms with E-state index in [1.165, 1.54) is 0 Å². The van der Waals surface area contributed by atoms with Crippen LogP contribution in [0.1, 0.15) is 0 Å². The van der Waals surface area contributed by atoms with Gasteiger partial charge < -0.3 is 15.1 Å². The van der Waals surface area contributed by atoms with E-state index in [2.05, 4.69) is 12.6 Å². The van der Waals surface area contributed by atoms with Crippen LogP contribution in [0.5, 0.6) is 0 Å². The molecule has 3 N–H and O–H groups in total. The molecule has 0 radical (unpaired) electrons. The SMILES string of the molecule is OB(O)O.Sc1ccccc1. The molecule has 0 fully saturated rings. The average Bonchev–Trinajstić information content (AvgIpc) is 1.87. The fraction of sp³-hybridized carbons (Fsp3) is 0. The average molecular weight is 172 g/mol. The largest absolute Gasteiger partial charge is 0.631 e. The second-order valence-corrected chi connectivity index (χ2v) is 2.20. The van der Waals surface area contributed by atoms with Crippen molar-refractivity contribution in [3.8, 4) is 0 Å². The summed E-state index contributed by atoms with van der Waals surface area (Å²) in [6, 6.07) is 9.79. The van der Waals surface area contributed by atoms with Gasteiger partial charge in [-0.3, -0.25) is 0 Å². The molecule has 0 spiro atoms. The molecule has 0 aliphatic carbocycles. The van der Waals surface area contributed by atoms with Crippen LogP contribution in [0.25, 0.3) is 0 Å². The van der Waals surface area contributed by atoms with Gasteiger partial charge in [-0.25, -0.2) is 0 Å². The topological polar surface area (TPSA) is 60.7 Å².